The maximum absolute atomic E-state index is 12.6. The van der Waals surface area contributed by atoms with Gasteiger partial charge in [-0.25, -0.2) is 4.79 Å². The maximum Gasteiger partial charge on any atom is 0.321 e. The summed E-state index contributed by atoms with van der Waals surface area (Å²) in [7, 11) is 0. The summed E-state index contributed by atoms with van der Waals surface area (Å²) in [5.74, 6) is 2.85. The largest absolute Gasteiger partial charge is 0.334 e. The minimum absolute atomic E-state index is 0.0391. The van der Waals surface area contributed by atoms with Gasteiger partial charge in [-0.05, 0) is 49.0 Å². The molecule has 0 bridgehead atoms. The third kappa shape index (κ3) is 4.54. The number of likely N-dealkylation sites (tertiary alicyclic amines) is 1. The molecule has 1 saturated heterocycles. The summed E-state index contributed by atoms with van der Waals surface area (Å²) in [4.78, 5) is 18.8. The predicted molar refractivity (Wildman–Crippen MR) is 101 cm³/mol. The van der Waals surface area contributed by atoms with Crippen LogP contribution in [0.5, 0.6) is 0 Å². The van der Waals surface area contributed by atoms with Crippen molar-refractivity contribution in [2.24, 2.45) is 5.92 Å². The number of benzene rings is 1. The average Bonchev–Trinajstić information content (AvgIpc) is 3.12. The number of carbonyl (C=O) groups is 1. The molecule has 3 rings (SSSR count). The molecule has 1 aliphatic rings. The summed E-state index contributed by atoms with van der Waals surface area (Å²) in [5, 5.41) is 6.91. The van der Waals surface area contributed by atoms with E-state index in [0.29, 0.717) is 17.6 Å². The highest BCUT2D eigenvalue weighted by Gasteiger charge is 2.23. The van der Waals surface area contributed by atoms with Crippen LogP contribution in [0, 0.1) is 5.92 Å². The smallest absolute Gasteiger partial charge is 0.321 e. The summed E-state index contributed by atoms with van der Waals surface area (Å²) < 4.78 is 5.27. The summed E-state index contributed by atoms with van der Waals surface area (Å²) in [6.07, 6.45) is 5.12. The van der Waals surface area contributed by atoms with Gasteiger partial charge < -0.3 is 14.7 Å². The van der Waals surface area contributed by atoms with Gasteiger partial charge >= 0.3 is 6.03 Å². The molecule has 0 unspecified atom stereocenters. The van der Waals surface area contributed by atoms with Crippen LogP contribution < -0.4 is 5.32 Å². The lowest BCUT2D eigenvalue weighted by atomic mass is 10.0. The summed E-state index contributed by atoms with van der Waals surface area (Å²) >= 11 is 1.85. The number of urea groups is 1. The summed E-state index contributed by atoms with van der Waals surface area (Å²) in [6.45, 7) is 3.63. The zero-order valence-corrected chi connectivity index (χ0v) is 15.5. The Labute approximate surface area is 152 Å². The Morgan fingerprint density at radius 1 is 1.48 bits per heavy atom. The minimum atomic E-state index is -0.0391. The van der Waals surface area contributed by atoms with Gasteiger partial charge in [-0.1, -0.05) is 18.1 Å². The molecule has 2 amide bonds. The quantitative estimate of drug-likeness (QED) is 0.875. The van der Waals surface area contributed by atoms with Gasteiger partial charge in [0.1, 0.15) is 0 Å². The Bertz CT molecular complexity index is 717. The molecular weight excluding hydrogens is 336 g/mol. The Kier molecular flexibility index (Phi) is 5.96. The SMILES string of the molecule is CCc1noc(-c2cccc(NC(=O)N3CCC[C@H](CSC)C3)c2)n1. The van der Waals surface area contributed by atoms with E-state index >= 15 is 0 Å². The lowest BCUT2D eigenvalue weighted by molar-refractivity contribution is 0.183. The average molecular weight is 360 g/mol. The predicted octanol–water partition coefficient (Wildman–Crippen LogP) is 3.91. The molecule has 2 heterocycles. The van der Waals surface area contributed by atoms with Crippen molar-refractivity contribution in [2.75, 3.05) is 30.4 Å². The second kappa shape index (κ2) is 8.38. The molecule has 25 heavy (non-hydrogen) atoms. The van der Waals surface area contributed by atoms with Crippen LogP contribution in [0.1, 0.15) is 25.6 Å². The first kappa shape index (κ1) is 17.8. The number of amides is 2. The van der Waals surface area contributed by atoms with E-state index in [2.05, 4.69) is 21.7 Å². The van der Waals surface area contributed by atoms with E-state index in [1.165, 1.54) is 6.42 Å². The number of anilines is 1. The number of nitrogens with one attached hydrogen (secondary N) is 1. The molecule has 0 radical (unpaired) electrons. The zero-order valence-electron chi connectivity index (χ0n) is 14.7. The molecule has 7 heteroatoms. The van der Waals surface area contributed by atoms with E-state index in [-0.39, 0.29) is 6.03 Å². The van der Waals surface area contributed by atoms with Crippen LogP contribution in [-0.2, 0) is 6.42 Å². The highest BCUT2D eigenvalue weighted by Crippen LogP contribution is 2.23. The van der Waals surface area contributed by atoms with E-state index in [0.717, 1.165) is 42.9 Å². The second-order valence-corrected chi connectivity index (χ2v) is 7.20. The monoisotopic (exact) mass is 360 g/mol. The van der Waals surface area contributed by atoms with Crippen molar-refractivity contribution in [1.82, 2.24) is 15.0 Å². The standard InChI is InChI=1S/C18H24N4O2S/c1-3-16-20-17(24-21-16)14-7-4-8-15(10-14)19-18(23)22-9-5-6-13(11-22)12-25-2/h4,7-8,10,13H,3,5-6,9,11-12H2,1-2H3,(H,19,23)/t13-/m0/s1. The number of carbonyl (C=O) groups excluding carboxylic acids is 1. The van der Waals surface area contributed by atoms with Crippen LogP contribution >= 0.6 is 11.8 Å². The molecule has 1 aromatic carbocycles. The van der Waals surface area contributed by atoms with Crippen LogP contribution in [0.4, 0.5) is 10.5 Å². The second-order valence-electron chi connectivity index (χ2n) is 6.29. The molecule has 1 N–H and O–H groups in total. The number of hydrogen-bond acceptors (Lipinski definition) is 5. The van der Waals surface area contributed by atoms with Gasteiger partial charge in [0.05, 0.1) is 0 Å². The van der Waals surface area contributed by atoms with Crippen molar-refractivity contribution in [2.45, 2.75) is 26.2 Å². The van der Waals surface area contributed by atoms with Crippen LogP contribution in [0.3, 0.4) is 0 Å². The highest BCUT2D eigenvalue weighted by atomic mass is 32.2. The summed E-state index contributed by atoms with van der Waals surface area (Å²) in [5.41, 5.74) is 1.55. The molecule has 1 atom stereocenters. The molecule has 1 aromatic heterocycles. The van der Waals surface area contributed by atoms with E-state index in [4.69, 9.17) is 4.52 Å². The van der Waals surface area contributed by atoms with Gasteiger partial charge in [0.15, 0.2) is 5.82 Å². The molecule has 0 spiro atoms. The lowest BCUT2D eigenvalue weighted by Gasteiger charge is -2.32. The van der Waals surface area contributed by atoms with Gasteiger partial charge in [0, 0.05) is 30.8 Å². The van der Waals surface area contributed by atoms with E-state index in [9.17, 15) is 4.79 Å². The third-order valence-electron chi connectivity index (χ3n) is 4.35. The van der Waals surface area contributed by atoms with Crippen LogP contribution in [0.15, 0.2) is 28.8 Å². The van der Waals surface area contributed by atoms with E-state index in [1.54, 1.807) is 0 Å². The highest BCUT2D eigenvalue weighted by molar-refractivity contribution is 7.98. The molecule has 2 aromatic rings. The normalized spacial score (nSPS) is 17.5. The third-order valence-corrected chi connectivity index (χ3v) is 5.16. The molecule has 1 fully saturated rings. The number of thioether (sulfide) groups is 1. The Morgan fingerprint density at radius 3 is 3.12 bits per heavy atom. The molecule has 6 nitrogen and oxygen atoms in total. The lowest BCUT2D eigenvalue weighted by Crippen LogP contribution is -2.42. The molecule has 1 aliphatic heterocycles. The molecule has 134 valence electrons. The summed E-state index contributed by atoms with van der Waals surface area (Å²) in [6, 6.07) is 7.49. The van der Waals surface area contributed by atoms with Gasteiger partial charge in [0.2, 0.25) is 0 Å². The van der Waals surface area contributed by atoms with Gasteiger partial charge in [0.25, 0.3) is 5.89 Å². The van der Waals surface area contributed by atoms with Crippen molar-refractivity contribution in [1.29, 1.82) is 0 Å². The Morgan fingerprint density at radius 2 is 2.36 bits per heavy atom. The van der Waals surface area contributed by atoms with Crippen molar-refractivity contribution in [3.8, 4) is 11.5 Å². The fourth-order valence-electron chi connectivity index (χ4n) is 3.07. The molecule has 0 saturated carbocycles. The fourth-order valence-corrected chi connectivity index (χ4v) is 3.81. The number of aromatic nitrogens is 2. The number of piperidine rings is 1. The molecular formula is C18H24N4O2S. The van der Waals surface area contributed by atoms with Crippen molar-refractivity contribution < 1.29 is 9.32 Å². The maximum atomic E-state index is 12.6. The Balaban J connectivity index is 1.66. The van der Waals surface area contributed by atoms with Crippen molar-refractivity contribution >= 4 is 23.5 Å². The van der Waals surface area contributed by atoms with Gasteiger partial charge in [-0.3, -0.25) is 0 Å². The topological polar surface area (TPSA) is 71.3 Å². The van der Waals surface area contributed by atoms with Crippen LogP contribution in [-0.4, -0.2) is 46.2 Å². The number of aryl methyl sites for hydroxylation is 1. The van der Waals surface area contributed by atoms with Gasteiger partial charge in [-0.2, -0.15) is 16.7 Å². The van der Waals surface area contributed by atoms with Crippen LogP contribution in [0.2, 0.25) is 0 Å². The molecule has 0 aliphatic carbocycles. The fraction of sp³-hybridized carbons (Fsp3) is 0.500. The zero-order chi connectivity index (χ0) is 17.6. The van der Waals surface area contributed by atoms with E-state index in [1.807, 2.05) is 47.9 Å². The number of rotatable bonds is 5. The van der Waals surface area contributed by atoms with Crippen LogP contribution in [0.25, 0.3) is 11.5 Å². The van der Waals surface area contributed by atoms with Gasteiger partial charge in [-0.15, -0.1) is 0 Å². The first-order chi connectivity index (χ1) is 12.2. The van der Waals surface area contributed by atoms with E-state index < -0.39 is 0 Å². The number of nitrogens with zero attached hydrogens (tertiary/aromatic N) is 3. The Hall–Kier alpha value is -2.02. The first-order valence-electron chi connectivity index (χ1n) is 8.67. The van der Waals surface area contributed by atoms with Crippen molar-refractivity contribution in [3.05, 3.63) is 30.1 Å². The van der Waals surface area contributed by atoms with Crippen molar-refractivity contribution in [3.63, 3.8) is 0 Å². The minimum Gasteiger partial charge on any atom is -0.334 e. The first-order valence-corrected chi connectivity index (χ1v) is 10.1. The number of hydrogen-bond donors (Lipinski definition) is 1.